The van der Waals surface area contributed by atoms with Crippen molar-refractivity contribution in [2.24, 2.45) is 0 Å². The smallest absolute Gasteiger partial charge is 0.127 e. The van der Waals surface area contributed by atoms with Crippen molar-refractivity contribution in [3.63, 3.8) is 0 Å². The molecule has 4 nitrogen and oxygen atoms in total. The molecule has 0 amide bonds. The maximum atomic E-state index is 5.98. The first kappa shape index (κ1) is 12.5. The number of hydrogen-bond donors (Lipinski definition) is 1. The summed E-state index contributed by atoms with van der Waals surface area (Å²) in [6.07, 6.45) is 2.07. The van der Waals surface area contributed by atoms with E-state index in [0.717, 1.165) is 64.5 Å². The van der Waals surface area contributed by atoms with Crippen LogP contribution in [0.2, 0.25) is 0 Å². The number of ether oxygens (including phenoxy) is 2. The van der Waals surface area contributed by atoms with E-state index in [2.05, 4.69) is 17.1 Å². The van der Waals surface area contributed by atoms with Crippen molar-refractivity contribution in [2.45, 2.75) is 26.3 Å². The molecule has 0 atom stereocenters. The first-order valence-electron chi connectivity index (χ1n) is 7.70. The Morgan fingerprint density at radius 3 is 2.50 bits per heavy atom. The zero-order chi connectivity index (χ0) is 13.5. The van der Waals surface area contributed by atoms with E-state index in [0.29, 0.717) is 0 Å². The van der Waals surface area contributed by atoms with Gasteiger partial charge in [-0.3, -0.25) is 4.90 Å². The summed E-state index contributed by atoms with van der Waals surface area (Å²) >= 11 is 0. The van der Waals surface area contributed by atoms with Crippen LogP contribution in [0.5, 0.6) is 11.5 Å². The molecule has 0 spiro atoms. The molecule has 1 aromatic rings. The SMILES string of the molecule is Cc1c2c(c(CN3CCNCC3)c3c1OCC3)OCC2. The van der Waals surface area contributed by atoms with Gasteiger partial charge in [-0.25, -0.2) is 0 Å². The second-order valence-electron chi connectivity index (χ2n) is 5.94. The fourth-order valence-corrected chi connectivity index (χ4v) is 3.70. The Labute approximate surface area is 120 Å². The van der Waals surface area contributed by atoms with Crippen molar-refractivity contribution in [2.75, 3.05) is 39.4 Å². The van der Waals surface area contributed by atoms with E-state index in [1.54, 1.807) is 0 Å². The molecule has 0 aromatic heterocycles. The van der Waals surface area contributed by atoms with E-state index in [4.69, 9.17) is 9.47 Å². The van der Waals surface area contributed by atoms with Crippen molar-refractivity contribution in [1.82, 2.24) is 10.2 Å². The molecule has 4 heteroatoms. The summed E-state index contributed by atoms with van der Waals surface area (Å²) in [6.45, 7) is 9.28. The highest BCUT2D eigenvalue weighted by molar-refractivity contribution is 5.61. The Morgan fingerprint density at radius 1 is 1.00 bits per heavy atom. The third-order valence-corrected chi connectivity index (χ3v) is 4.77. The first-order valence-corrected chi connectivity index (χ1v) is 7.70. The van der Waals surface area contributed by atoms with Crippen LogP contribution in [0.15, 0.2) is 0 Å². The molecule has 108 valence electrons. The highest BCUT2D eigenvalue weighted by Crippen LogP contribution is 2.44. The van der Waals surface area contributed by atoms with Crippen molar-refractivity contribution in [1.29, 1.82) is 0 Å². The van der Waals surface area contributed by atoms with Crippen LogP contribution in [-0.2, 0) is 19.4 Å². The van der Waals surface area contributed by atoms with Crippen molar-refractivity contribution >= 4 is 0 Å². The molecule has 1 N–H and O–H groups in total. The van der Waals surface area contributed by atoms with Gasteiger partial charge < -0.3 is 14.8 Å². The van der Waals surface area contributed by atoms with E-state index in [9.17, 15) is 0 Å². The predicted molar refractivity (Wildman–Crippen MR) is 77.7 cm³/mol. The Kier molecular flexibility index (Phi) is 3.08. The van der Waals surface area contributed by atoms with Gasteiger partial charge in [0.15, 0.2) is 0 Å². The monoisotopic (exact) mass is 274 g/mol. The van der Waals surface area contributed by atoms with E-state index < -0.39 is 0 Å². The molecule has 0 unspecified atom stereocenters. The summed E-state index contributed by atoms with van der Waals surface area (Å²) in [5, 5.41) is 3.42. The largest absolute Gasteiger partial charge is 0.493 e. The molecule has 0 radical (unpaired) electrons. The van der Waals surface area contributed by atoms with Gasteiger partial charge in [0.2, 0.25) is 0 Å². The molecular weight excluding hydrogens is 252 g/mol. The summed E-state index contributed by atoms with van der Waals surface area (Å²) in [4.78, 5) is 2.53. The lowest BCUT2D eigenvalue weighted by molar-refractivity contribution is 0.229. The predicted octanol–water partition coefficient (Wildman–Crippen LogP) is 1.27. The second kappa shape index (κ2) is 4.93. The lowest BCUT2D eigenvalue weighted by Crippen LogP contribution is -2.43. The van der Waals surface area contributed by atoms with Gasteiger partial charge in [0.25, 0.3) is 0 Å². The molecule has 4 rings (SSSR count). The van der Waals surface area contributed by atoms with Gasteiger partial charge in [-0.05, 0) is 12.5 Å². The van der Waals surface area contributed by atoms with Gasteiger partial charge in [-0.15, -0.1) is 0 Å². The van der Waals surface area contributed by atoms with E-state index in [1.807, 2.05) is 0 Å². The number of piperazine rings is 1. The maximum absolute atomic E-state index is 5.98. The lowest BCUT2D eigenvalue weighted by atomic mass is 9.94. The molecular formula is C16H22N2O2. The molecule has 0 bridgehead atoms. The Bertz CT molecular complexity index is 501. The van der Waals surface area contributed by atoms with Crippen molar-refractivity contribution < 1.29 is 9.47 Å². The average molecular weight is 274 g/mol. The maximum Gasteiger partial charge on any atom is 0.127 e. The third kappa shape index (κ3) is 1.90. The van der Waals surface area contributed by atoms with Gasteiger partial charge in [0, 0.05) is 62.3 Å². The highest BCUT2D eigenvalue weighted by Gasteiger charge is 2.30. The average Bonchev–Trinajstić information content (AvgIpc) is 3.14. The fraction of sp³-hybridized carbons (Fsp3) is 0.625. The molecule has 0 saturated carbocycles. The molecule has 1 aromatic carbocycles. The van der Waals surface area contributed by atoms with Crippen LogP contribution in [-0.4, -0.2) is 44.3 Å². The van der Waals surface area contributed by atoms with Crippen LogP contribution < -0.4 is 14.8 Å². The number of hydrogen-bond acceptors (Lipinski definition) is 4. The minimum atomic E-state index is 0.827. The Balaban J connectivity index is 1.74. The number of nitrogens with one attached hydrogen (secondary N) is 1. The topological polar surface area (TPSA) is 33.7 Å². The zero-order valence-corrected chi connectivity index (χ0v) is 12.1. The zero-order valence-electron chi connectivity index (χ0n) is 12.1. The number of nitrogens with zero attached hydrogens (tertiary/aromatic N) is 1. The van der Waals surface area contributed by atoms with Crippen LogP contribution in [0, 0.1) is 6.92 Å². The summed E-state index contributed by atoms with van der Waals surface area (Å²) in [5.41, 5.74) is 5.50. The fourth-order valence-electron chi connectivity index (χ4n) is 3.70. The van der Waals surface area contributed by atoms with Gasteiger partial charge in [0.05, 0.1) is 13.2 Å². The second-order valence-corrected chi connectivity index (χ2v) is 5.94. The van der Waals surface area contributed by atoms with E-state index in [-0.39, 0.29) is 0 Å². The third-order valence-electron chi connectivity index (χ3n) is 4.77. The highest BCUT2D eigenvalue weighted by atomic mass is 16.5. The van der Waals surface area contributed by atoms with Crippen LogP contribution >= 0.6 is 0 Å². The molecule has 3 aliphatic rings. The minimum Gasteiger partial charge on any atom is -0.493 e. The number of rotatable bonds is 2. The Hall–Kier alpha value is -1.26. The van der Waals surface area contributed by atoms with Crippen molar-refractivity contribution in [3.8, 4) is 11.5 Å². The van der Waals surface area contributed by atoms with Gasteiger partial charge >= 0.3 is 0 Å². The van der Waals surface area contributed by atoms with E-state index in [1.165, 1.54) is 28.0 Å². The molecule has 3 heterocycles. The molecule has 1 saturated heterocycles. The van der Waals surface area contributed by atoms with E-state index >= 15 is 0 Å². The molecule has 1 fully saturated rings. The van der Waals surface area contributed by atoms with Gasteiger partial charge in [-0.2, -0.15) is 0 Å². The standard InChI is InChI=1S/C16H22N2O2/c1-11-12-2-8-20-16(12)14(13-3-9-19-15(11)13)10-18-6-4-17-5-7-18/h17H,2-10H2,1H3. The van der Waals surface area contributed by atoms with Crippen LogP contribution in [0.4, 0.5) is 0 Å². The summed E-state index contributed by atoms with van der Waals surface area (Å²) < 4.78 is 11.9. The summed E-state index contributed by atoms with van der Waals surface area (Å²) in [6, 6.07) is 0. The number of fused-ring (bicyclic) bond motifs is 2. The normalized spacial score (nSPS) is 21.2. The first-order chi connectivity index (χ1) is 9.84. The van der Waals surface area contributed by atoms with Crippen LogP contribution in [0.1, 0.15) is 22.3 Å². The van der Waals surface area contributed by atoms with Crippen molar-refractivity contribution in [3.05, 3.63) is 22.3 Å². The van der Waals surface area contributed by atoms with Gasteiger partial charge in [0.1, 0.15) is 11.5 Å². The summed E-state index contributed by atoms with van der Waals surface area (Å²) in [7, 11) is 0. The lowest BCUT2D eigenvalue weighted by Gasteiger charge is -2.28. The molecule has 20 heavy (non-hydrogen) atoms. The quantitative estimate of drug-likeness (QED) is 0.880. The molecule has 0 aliphatic carbocycles. The number of benzene rings is 1. The van der Waals surface area contributed by atoms with Crippen LogP contribution in [0.25, 0.3) is 0 Å². The van der Waals surface area contributed by atoms with Crippen LogP contribution in [0.3, 0.4) is 0 Å². The minimum absolute atomic E-state index is 0.827. The molecule has 3 aliphatic heterocycles. The summed E-state index contributed by atoms with van der Waals surface area (Å²) in [5.74, 6) is 2.32. The van der Waals surface area contributed by atoms with Gasteiger partial charge in [-0.1, -0.05) is 0 Å². The Morgan fingerprint density at radius 2 is 1.70 bits per heavy atom.